The number of hydrogen-bond donors (Lipinski definition) is 1. The van der Waals surface area contributed by atoms with Crippen LogP contribution in [-0.4, -0.2) is 34.8 Å². The fourth-order valence-corrected chi connectivity index (χ4v) is 5.70. The van der Waals surface area contributed by atoms with Gasteiger partial charge in [0.15, 0.2) is 0 Å². The summed E-state index contributed by atoms with van der Waals surface area (Å²) in [5, 5.41) is 3.19. The molecule has 1 spiro atoms. The van der Waals surface area contributed by atoms with Crippen LogP contribution in [0.5, 0.6) is 0 Å². The van der Waals surface area contributed by atoms with Crippen LogP contribution in [0.2, 0.25) is 0 Å². The van der Waals surface area contributed by atoms with E-state index in [9.17, 15) is 9.59 Å². The first-order valence-corrected chi connectivity index (χ1v) is 10.7. The van der Waals surface area contributed by atoms with Gasteiger partial charge in [0.25, 0.3) is 5.91 Å². The Morgan fingerprint density at radius 3 is 2.48 bits per heavy atom. The molecule has 1 aliphatic heterocycles. The zero-order chi connectivity index (χ0) is 19.0. The van der Waals surface area contributed by atoms with Gasteiger partial charge in [0, 0.05) is 18.2 Å². The second-order valence-corrected chi connectivity index (χ2v) is 9.08. The standard InChI is InChI=1S/C23H32N2O2/c1-16(2)15-24-21(26)20-18-11-5-6-12-19(18)22(27)25(17-9-3-4-10-17)23(20)13-7-8-14-23/h5-6,11-12,16-17,20H,3-4,7-10,13-15H2,1-2H3,(H,24,26). The molecule has 1 atom stereocenters. The average molecular weight is 369 g/mol. The van der Waals surface area contributed by atoms with Gasteiger partial charge in [0.1, 0.15) is 0 Å². The van der Waals surface area contributed by atoms with Gasteiger partial charge in [-0.1, -0.05) is 57.7 Å². The molecule has 2 fully saturated rings. The van der Waals surface area contributed by atoms with Gasteiger partial charge < -0.3 is 10.2 Å². The Kier molecular flexibility index (Phi) is 5.00. The average Bonchev–Trinajstić information content (AvgIpc) is 3.33. The number of carbonyl (C=O) groups excluding carboxylic acids is 2. The van der Waals surface area contributed by atoms with Crippen molar-refractivity contribution < 1.29 is 9.59 Å². The van der Waals surface area contributed by atoms with E-state index in [1.165, 1.54) is 12.8 Å². The highest BCUT2D eigenvalue weighted by atomic mass is 16.2. The molecule has 2 saturated carbocycles. The van der Waals surface area contributed by atoms with Gasteiger partial charge in [-0.25, -0.2) is 0 Å². The summed E-state index contributed by atoms with van der Waals surface area (Å²) in [6.45, 7) is 4.93. The number of rotatable bonds is 4. The first-order valence-electron chi connectivity index (χ1n) is 10.7. The molecule has 1 aromatic carbocycles. The lowest BCUT2D eigenvalue weighted by atomic mass is 9.70. The van der Waals surface area contributed by atoms with E-state index in [0.717, 1.165) is 49.7 Å². The molecular weight excluding hydrogens is 336 g/mol. The lowest BCUT2D eigenvalue weighted by Crippen LogP contribution is -2.63. The number of fused-ring (bicyclic) bond motifs is 1. The predicted octanol–water partition coefficient (Wildman–Crippen LogP) is 4.25. The van der Waals surface area contributed by atoms with E-state index >= 15 is 0 Å². The fourth-order valence-electron chi connectivity index (χ4n) is 5.70. The lowest BCUT2D eigenvalue weighted by Gasteiger charge is -2.52. The number of nitrogens with one attached hydrogen (secondary N) is 1. The summed E-state index contributed by atoms with van der Waals surface area (Å²) in [4.78, 5) is 29.2. The van der Waals surface area contributed by atoms with E-state index in [0.29, 0.717) is 18.5 Å². The van der Waals surface area contributed by atoms with E-state index in [1.54, 1.807) is 0 Å². The summed E-state index contributed by atoms with van der Waals surface area (Å²) in [6.07, 6.45) is 8.64. The van der Waals surface area contributed by atoms with Gasteiger partial charge in [-0.3, -0.25) is 9.59 Å². The Labute approximate surface area is 162 Å². The summed E-state index contributed by atoms with van der Waals surface area (Å²) >= 11 is 0. The molecule has 4 rings (SSSR count). The highest BCUT2D eigenvalue weighted by molar-refractivity contribution is 6.02. The molecule has 146 valence electrons. The second kappa shape index (κ2) is 7.29. The van der Waals surface area contributed by atoms with Crippen molar-refractivity contribution >= 4 is 11.8 Å². The molecule has 1 heterocycles. The Bertz CT molecular complexity index is 715. The molecule has 27 heavy (non-hydrogen) atoms. The molecule has 1 unspecified atom stereocenters. The molecule has 4 nitrogen and oxygen atoms in total. The van der Waals surface area contributed by atoms with E-state index in [4.69, 9.17) is 0 Å². The fraction of sp³-hybridized carbons (Fsp3) is 0.652. The van der Waals surface area contributed by atoms with Crippen LogP contribution in [0.1, 0.15) is 87.1 Å². The van der Waals surface area contributed by atoms with Crippen LogP contribution < -0.4 is 5.32 Å². The van der Waals surface area contributed by atoms with Crippen LogP contribution in [-0.2, 0) is 4.79 Å². The van der Waals surface area contributed by atoms with Gasteiger partial charge in [0.05, 0.1) is 11.5 Å². The Balaban J connectivity index is 1.81. The molecule has 2 amide bonds. The van der Waals surface area contributed by atoms with Crippen molar-refractivity contribution in [3.63, 3.8) is 0 Å². The summed E-state index contributed by atoms with van der Waals surface area (Å²) in [6, 6.07) is 8.13. The molecule has 0 radical (unpaired) electrons. The molecule has 1 aromatic rings. The Hall–Kier alpha value is -1.84. The van der Waals surface area contributed by atoms with Crippen LogP contribution in [0.25, 0.3) is 0 Å². The third-order valence-electron chi connectivity index (χ3n) is 6.84. The second-order valence-electron chi connectivity index (χ2n) is 9.08. The van der Waals surface area contributed by atoms with Gasteiger partial charge in [-0.15, -0.1) is 0 Å². The van der Waals surface area contributed by atoms with E-state index in [1.807, 2.05) is 24.3 Å². The number of nitrogens with zero attached hydrogens (tertiary/aromatic N) is 1. The van der Waals surface area contributed by atoms with Crippen molar-refractivity contribution in [2.24, 2.45) is 5.92 Å². The van der Waals surface area contributed by atoms with Crippen molar-refractivity contribution in [2.45, 2.75) is 82.7 Å². The van der Waals surface area contributed by atoms with Gasteiger partial charge in [0.2, 0.25) is 5.91 Å². The van der Waals surface area contributed by atoms with Crippen molar-refractivity contribution in [3.8, 4) is 0 Å². The van der Waals surface area contributed by atoms with E-state index < -0.39 is 0 Å². The highest BCUT2D eigenvalue weighted by Crippen LogP contribution is 2.52. The summed E-state index contributed by atoms with van der Waals surface area (Å²) in [5.41, 5.74) is 1.35. The summed E-state index contributed by atoms with van der Waals surface area (Å²) in [5.74, 6) is 0.439. The number of amides is 2. The summed E-state index contributed by atoms with van der Waals surface area (Å²) in [7, 11) is 0. The van der Waals surface area contributed by atoms with Gasteiger partial charge in [-0.05, 0) is 43.2 Å². The zero-order valence-electron chi connectivity index (χ0n) is 16.7. The minimum absolute atomic E-state index is 0.105. The zero-order valence-corrected chi connectivity index (χ0v) is 16.7. The van der Waals surface area contributed by atoms with Gasteiger partial charge >= 0.3 is 0 Å². The van der Waals surface area contributed by atoms with Gasteiger partial charge in [-0.2, -0.15) is 0 Å². The van der Waals surface area contributed by atoms with Crippen LogP contribution in [0.15, 0.2) is 24.3 Å². The van der Waals surface area contributed by atoms with E-state index in [-0.39, 0.29) is 23.3 Å². The normalized spacial score (nSPS) is 24.6. The maximum atomic E-state index is 13.6. The Morgan fingerprint density at radius 1 is 1.15 bits per heavy atom. The maximum Gasteiger partial charge on any atom is 0.254 e. The molecule has 1 N–H and O–H groups in total. The Morgan fingerprint density at radius 2 is 1.81 bits per heavy atom. The number of carbonyl (C=O) groups is 2. The van der Waals surface area contributed by atoms with Crippen molar-refractivity contribution in [1.29, 1.82) is 0 Å². The molecule has 4 heteroatoms. The molecule has 3 aliphatic rings. The van der Waals surface area contributed by atoms with Crippen molar-refractivity contribution in [2.75, 3.05) is 6.54 Å². The van der Waals surface area contributed by atoms with Crippen LogP contribution in [0, 0.1) is 5.92 Å². The van der Waals surface area contributed by atoms with Crippen LogP contribution >= 0.6 is 0 Å². The molecular formula is C23H32N2O2. The monoisotopic (exact) mass is 368 g/mol. The first-order chi connectivity index (χ1) is 13.0. The van der Waals surface area contributed by atoms with E-state index in [2.05, 4.69) is 24.1 Å². The smallest absolute Gasteiger partial charge is 0.254 e. The lowest BCUT2D eigenvalue weighted by molar-refractivity contribution is -0.127. The number of benzene rings is 1. The van der Waals surface area contributed by atoms with Crippen LogP contribution in [0.4, 0.5) is 0 Å². The molecule has 0 aromatic heterocycles. The SMILES string of the molecule is CC(C)CNC(=O)C1c2ccccc2C(=O)N(C2CCCC2)C12CCCC2. The topological polar surface area (TPSA) is 49.4 Å². The summed E-state index contributed by atoms with van der Waals surface area (Å²) < 4.78 is 0. The highest BCUT2D eigenvalue weighted by Gasteiger charge is 2.57. The number of hydrogen-bond acceptors (Lipinski definition) is 2. The largest absolute Gasteiger partial charge is 0.355 e. The van der Waals surface area contributed by atoms with Crippen LogP contribution in [0.3, 0.4) is 0 Å². The quantitative estimate of drug-likeness (QED) is 0.863. The molecule has 0 saturated heterocycles. The van der Waals surface area contributed by atoms with Crippen molar-refractivity contribution in [1.82, 2.24) is 10.2 Å². The third kappa shape index (κ3) is 3.07. The maximum absolute atomic E-state index is 13.6. The minimum atomic E-state index is -0.332. The predicted molar refractivity (Wildman–Crippen MR) is 107 cm³/mol. The first kappa shape index (κ1) is 18.5. The van der Waals surface area contributed by atoms with Crippen molar-refractivity contribution in [3.05, 3.63) is 35.4 Å². The molecule has 0 bridgehead atoms. The molecule has 2 aliphatic carbocycles. The minimum Gasteiger partial charge on any atom is -0.355 e. The third-order valence-corrected chi connectivity index (χ3v) is 6.84.